The molecule has 0 aromatic heterocycles. The van der Waals surface area contributed by atoms with E-state index >= 15 is 0 Å². The SMILES string of the molecule is COc1cccc2c1C(=O)c1c(O)c3c(c(O)c1C2=O)C[C@@](O)(C(C)=O)CC3O[C@H]1C[C@H](N)[C@@H](O)[C@@H](C)O1. The zero-order valence-electron chi connectivity index (χ0n) is 21.1. The van der Waals surface area contributed by atoms with E-state index in [9.17, 15) is 34.8 Å². The van der Waals surface area contributed by atoms with Crippen LogP contribution in [0.3, 0.4) is 0 Å². The van der Waals surface area contributed by atoms with Crippen LogP contribution in [0.5, 0.6) is 17.2 Å². The van der Waals surface area contributed by atoms with E-state index < -0.39 is 82.6 Å². The normalized spacial score (nSPS) is 30.3. The summed E-state index contributed by atoms with van der Waals surface area (Å²) in [6.07, 6.45) is -4.53. The molecule has 0 radical (unpaired) electrons. The van der Waals surface area contributed by atoms with Gasteiger partial charge in [-0.2, -0.15) is 0 Å². The van der Waals surface area contributed by atoms with E-state index in [4.69, 9.17) is 19.9 Å². The molecule has 1 heterocycles. The molecule has 0 bridgehead atoms. The molecule has 0 saturated carbocycles. The molecule has 11 heteroatoms. The van der Waals surface area contributed by atoms with Gasteiger partial charge in [0, 0.05) is 42.0 Å². The van der Waals surface area contributed by atoms with Crippen molar-refractivity contribution in [1.82, 2.24) is 0 Å². The average molecular weight is 528 g/mol. The number of rotatable bonds is 4. The third-order valence-electron chi connectivity index (χ3n) is 7.80. The molecule has 2 aromatic rings. The lowest BCUT2D eigenvalue weighted by Crippen LogP contribution is -2.52. The van der Waals surface area contributed by atoms with Crippen molar-refractivity contribution in [2.75, 3.05) is 7.11 Å². The number of phenols is 2. The molecule has 1 fully saturated rings. The molecule has 5 rings (SSSR count). The Morgan fingerprint density at radius 1 is 1.13 bits per heavy atom. The molecule has 11 nitrogen and oxygen atoms in total. The van der Waals surface area contributed by atoms with Crippen LogP contribution < -0.4 is 10.5 Å². The number of carbonyl (C=O) groups excluding carboxylic acids is 3. The first kappa shape index (κ1) is 26.3. The van der Waals surface area contributed by atoms with Crippen molar-refractivity contribution < 1.29 is 49.0 Å². The topological polar surface area (TPSA) is 186 Å². The summed E-state index contributed by atoms with van der Waals surface area (Å²) in [5.41, 5.74) is 2.97. The van der Waals surface area contributed by atoms with Gasteiger partial charge in [-0.25, -0.2) is 0 Å². The number of aliphatic hydroxyl groups excluding tert-OH is 1. The summed E-state index contributed by atoms with van der Waals surface area (Å²) in [6.45, 7) is 2.79. The molecule has 1 saturated heterocycles. The fraction of sp³-hybridized carbons (Fsp3) is 0.444. The number of methoxy groups -OCH3 is 1. The van der Waals surface area contributed by atoms with Crippen LogP contribution in [0, 0.1) is 0 Å². The first-order chi connectivity index (χ1) is 17.9. The van der Waals surface area contributed by atoms with Gasteiger partial charge in [0.2, 0.25) is 5.78 Å². The number of nitrogens with two attached hydrogens (primary N) is 1. The number of aromatic hydroxyl groups is 2. The third kappa shape index (κ3) is 3.81. The Morgan fingerprint density at radius 2 is 1.82 bits per heavy atom. The summed E-state index contributed by atoms with van der Waals surface area (Å²) in [4.78, 5) is 39.6. The first-order valence-corrected chi connectivity index (χ1v) is 12.2. The zero-order chi connectivity index (χ0) is 27.7. The van der Waals surface area contributed by atoms with Gasteiger partial charge in [0.05, 0.1) is 42.1 Å². The van der Waals surface area contributed by atoms with Crippen molar-refractivity contribution >= 4 is 17.3 Å². The summed E-state index contributed by atoms with van der Waals surface area (Å²) < 4.78 is 17.1. The lowest BCUT2D eigenvalue weighted by atomic mass is 9.72. The molecule has 6 atom stereocenters. The van der Waals surface area contributed by atoms with Crippen LogP contribution in [-0.2, 0) is 20.7 Å². The van der Waals surface area contributed by atoms with Crippen molar-refractivity contribution in [3.8, 4) is 17.2 Å². The van der Waals surface area contributed by atoms with Crippen LogP contribution >= 0.6 is 0 Å². The van der Waals surface area contributed by atoms with E-state index in [1.54, 1.807) is 6.92 Å². The smallest absolute Gasteiger partial charge is 0.202 e. The Bertz CT molecular complexity index is 1360. The molecule has 38 heavy (non-hydrogen) atoms. The third-order valence-corrected chi connectivity index (χ3v) is 7.80. The second-order valence-corrected chi connectivity index (χ2v) is 10.1. The van der Waals surface area contributed by atoms with Crippen molar-refractivity contribution in [1.29, 1.82) is 0 Å². The van der Waals surface area contributed by atoms with Crippen LogP contribution in [0.1, 0.15) is 75.8 Å². The Kier molecular flexibility index (Phi) is 6.32. The fourth-order valence-corrected chi connectivity index (χ4v) is 5.66. The Labute approximate surface area is 217 Å². The molecule has 2 aromatic carbocycles. The van der Waals surface area contributed by atoms with Gasteiger partial charge in [-0.15, -0.1) is 0 Å². The van der Waals surface area contributed by atoms with Gasteiger partial charge in [0.15, 0.2) is 17.9 Å². The van der Waals surface area contributed by atoms with E-state index in [1.807, 2.05) is 0 Å². The maximum atomic E-state index is 13.6. The van der Waals surface area contributed by atoms with Gasteiger partial charge in [0.25, 0.3) is 0 Å². The summed E-state index contributed by atoms with van der Waals surface area (Å²) in [5, 5.41) is 44.1. The maximum absolute atomic E-state index is 13.6. The number of carbonyl (C=O) groups is 3. The zero-order valence-corrected chi connectivity index (χ0v) is 21.1. The highest BCUT2D eigenvalue weighted by atomic mass is 16.7. The minimum absolute atomic E-state index is 0.0147. The van der Waals surface area contributed by atoms with E-state index in [0.29, 0.717) is 0 Å². The Balaban J connectivity index is 1.68. The van der Waals surface area contributed by atoms with E-state index in [2.05, 4.69) is 0 Å². The van der Waals surface area contributed by atoms with Gasteiger partial charge in [0.1, 0.15) is 22.8 Å². The molecule has 1 unspecified atom stereocenters. The molecule has 1 aliphatic heterocycles. The second kappa shape index (κ2) is 9.14. The second-order valence-electron chi connectivity index (χ2n) is 10.1. The van der Waals surface area contributed by atoms with E-state index in [-0.39, 0.29) is 40.8 Å². The lowest BCUT2D eigenvalue weighted by molar-refractivity contribution is -0.247. The minimum atomic E-state index is -2.00. The van der Waals surface area contributed by atoms with Crippen LogP contribution in [0.2, 0.25) is 0 Å². The largest absolute Gasteiger partial charge is 0.507 e. The highest BCUT2D eigenvalue weighted by Crippen LogP contribution is 2.52. The minimum Gasteiger partial charge on any atom is -0.507 e. The Hall–Kier alpha value is -3.35. The summed E-state index contributed by atoms with van der Waals surface area (Å²) in [7, 11) is 1.34. The number of Topliss-reactive ketones (excluding diaryl/α,β-unsaturated/α-hetero) is 1. The van der Waals surface area contributed by atoms with Crippen molar-refractivity contribution in [2.24, 2.45) is 5.73 Å². The number of fused-ring (bicyclic) bond motifs is 3. The van der Waals surface area contributed by atoms with Gasteiger partial charge in [-0.3, -0.25) is 14.4 Å². The van der Waals surface area contributed by atoms with E-state index in [1.165, 1.54) is 32.2 Å². The summed E-state index contributed by atoms with van der Waals surface area (Å²) in [5.74, 6) is -3.18. The number of phenolic OH excluding ortho intramolecular Hbond substituents is 2. The Morgan fingerprint density at radius 3 is 2.45 bits per heavy atom. The standard InChI is InChI=1S/C27H29NO10/c1-10-22(30)14(28)7-17(37-10)38-16-9-27(35,11(2)29)8-13-19(16)26(34)21-20(24(13)32)23(31)12-5-4-6-15(36-3)18(12)25(21)33/h4-6,10,14,16-17,22,30,32,34-35H,7-9,28H2,1-3H3/t10-,14+,16?,17+,22+,27+/m1/s1. The number of hydrogen-bond donors (Lipinski definition) is 5. The number of hydrogen-bond acceptors (Lipinski definition) is 11. The molecular weight excluding hydrogens is 498 g/mol. The van der Waals surface area contributed by atoms with Crippen LogP contribution in [0.4, 0.5) is 0 Å². The van der Waals surface area contributed by atoms with Crippen LogP contribution in [0.15, 0.2) is 18.2 Å². The summed E-state index contributed by atoms with van der Waals surface area (Å²) >= 11 is 0. The van der Waals surface area contributed by atoms with Gasteiger partial charge < -0.3 is 40.4 Å². The maximum Gasteiger partial charge on any atom is 0.202 e. The monoisotopic (exact) mass is 527 g/mol. The van der Waals surface area contributed by atoms with Crippen molar-refractivity contribution in [3.63, 3.8) is 0 Å². The number of aliphatic hydroxyl groups is 2. The predicted octanol–water partition coefficient (Wildman–Crippen LogP) is 1.03. The van der Waals surface area contributed by atoms with E-state index in [0.717, 1.165) is 0 Å². The molecule has 2 aliphatic carbocycles. The van der Waals surface area contributed by atoms with Gasteiger partial charge in [-0.1, -0.05) is 12.1 Å². The van der Waals surface area contributed by atoms with Crippen molar-refractivity contribution in [2.45, 2.75) is 69.4 Å². The van der Waals surface area contributed by atoms with Crippen molar-refractivity contribution in [3.05, 3.63) is 51.6 Å². The molecule has 202 valence electrons. The quantitative estimate of drug-likeness (QED) is 0.305. The lowest BCUT2D eigenvalue weighted by Gasteiger charge is -2.42. The molecule has 6 N–H and O–H groups in total. The molecular formula is C27H29NO10. The summed E-state index contributed by atoms with van der Waals surface area (Å²) in [6, 6.07) is 3.75. The van der Waals surface area contributed by atoms with Crippen LogP contribution in [0.25, 0.3) is 0 Å². The number of ketones is 3. The molecule has 0 amide bonds. The number of benzene rings is 2. The predicted molar refractivity (Wildman–Crippen MR) is 130 cm³/mol. The highest BCUT2D eigenvalue weighted by molar-refractivity contribution is 6.31. The first-order valence-electron chi connectivity index (χ1n) is 12.2. The molecule has 3 aliphatic rings. The highest BCUT2D eigenvalue weighted by Gasteiger charge is 2.49. The molecule has 0 spiro atoms. The number of ether oxygens (including phenoxy) is 3. The van der Waals surface area contributed by atoms with Gasteiger partial charge in [-0.05, 0) is 19.9 Å². The fourth-order valence-electron chi connectivity index (χ4n) is 5.66. The average Bonchev–Trinajstić information content (AvgIpc) is 2.87. The van der Waals surface area contributed by atoms with Gasteiger partial charge >= 0.3 is 0 Å². The van der Waals surface area contributed by atoms with Crippen LogP contribution in [-0.4, -0.2) is 75.0 Å².